The minimum Gasteiger partial charge on any atom is -0.484 e. The number of hydrogen-bond donors (Lipinski definition) is 4. The third-order valence-electron chi connectivity index (χ3n) is 5.36. The van der Waals surface area contributed by atoms with Crippen LogP contribution in [0.3, 0.4) is 0 Å². The van der Waals surface area contributed by atoms with Crippen molar-refractivity contribution < 1.29 is 23.9 Å². The van der Waals surface area contributed by atoms with Gasteiger partial charge in [-0.2, -0.15) is 0 Å². The quantitative estimate of drug-likeness (QED) is 0.360. The van der Waals surface area contributed by atoms with Gasteiger partial charge in [-0.05, 0) is 61.2 Å². The van der Waals surface area contributed by atoms with E-state index in [1.165, 1.54) is 11.5 Å². The first-order valence-electron chi connectivity index (χ1n) is 9.97. The molecule has 1 heterocycles. The van der Waals surface area contributed by atoms with E-state index in [0.717, 1.165) is 29.5 Å². The van der Waals surface area contributed by atoms with Crippen LogP contribution in [-0.2, 0) is 4.79 Å². The number of allylic oxidation sites excluding steroid dienone is 1. The molecule has 1 aliphatic rings. The van der Waals surface area contributed by atoms with Crippen molar-refractivity contribution in [2.75, 3.05) is 6.61 Å². The van der Waals surface area contributed by atoms with E-state index in [9.17, 15) is 14.0 Å². The summed E-state index contributed by atoms with van der Waals surface area (Å²) in [7, 11) is 0. The largest absolute Gasteiger partial charge is 0.484 e. The maximum atomic E-state index is 14.3. The maximum Gasteiger partial charge on any atom is 0.281 e. The van der Waals surface area contributed by atoms with Gasteiger partial charge in [-0.1, -0.05) is 12.1 Å². The van der Waals surface area contributed by atoms with Crippen LogP contribution in [0.5, 0.6) is 5.75 Å². The number of nitrogens with one attached hydrogen (secondary N) is 3. The fourth-order valence-electron chi connectivity index (χ4n) is 3.76. The summed E-state index contributed by atoms with van der Waals surface area (Å²) in [6, 6.07) is 11.4. The summed E-state index contributed by atoms with van der Waals surface area (Å²) < 4.78 is 19.5. The molecule has 1 atom stereocenters. The van der Waals surface area contributed by atoms with Crippen molar-refractivity contribution in [1.82, 2.24) is 15.8 Å². The molecule has 0 saturated carbocycles. The number of hydrogen-bond acceptors (Lipinski definition) is 4. The molecule has 1 aliphatic carbocycles. The first kappa shape index (κ1) is 20.6. The molecule has 0 saturated heterocycles. The van der Waals surface area contributed by atoms with Crippen LogP contribution in [0.25, 0.3) is 16.5 Å². The van der Waals surface area contributed by atoms with Crippen molar-refractivity contribution in [3.63, 3.8) is 0 Å². The first-order chi connectivity index (χ1) is 15.0. The lowest BCUT2D eigenvalue weighted by Crippen LogP contribution is -2.35. The van der Waals surface area contributed by atoms with Crippen molar-refractivity contribution in [1.29, 1.82) is 0 Å². The van der Waals surface area contributed by atoms with Crippen LogP contribution in [0.4, 0.5) is 4.39 Å². The van der Waals surface area contributed by atoms with Crippen LogP contribution in [0.2, 0.25) is 0 Å². The van der Waals surface area contributed by atoms with Gasteiger partial charge >= 0.3 is 0 Å². The normalized spacial score (nSPS) is 15.9. The SMILES string of the molecule is O=C(COc1ccc(C(=O)NC2CC=C(c3c[nH]c4cccc(F)c34)CC2)cc1)NO. The van der Waals surface area contributed by atoms with Gasteiger partial charge in [-0.15, -0.1) is 0 Å². The van der Waals surface area contributed by atoms with E-state index in [1.807, 2.05) is 12.3 Å². The lowest BCUT2D eigenvalue weighted by atomic mass is 9.90. The third kappa shape index (κ3) is 4.59. The molecule has 3 aromatic rings. The van der Waals surface area contributed by atoms with Gasteiger partial charge in [0.25, 0.3) is 11.8 Å². The van der Waals surface area contributed by atoms with Gasteiger partial charge in [0.15, 0.2) is 6.61 Å². The molecule has 2 aromatic carbocycles. The predicted octanol–water partition coefficient (Wildman–Crippen LogP) is 3.56. The van der Waals surface area contributed by atoms with E-state index in [-0.39, 0.29) is 24.4 Å². The van der Waals surface area contributed by atoms with Crippen molar-refractivity contribution in [2.45, 2.75) is 25.3 Å². The Hall–Kier alpha value is -3.65. The van der Waals surface area contributed by atoms with Gasteiger partial charge in [0.1, 0.15) is 11.6 Å². The Balaban J connectivity index is 1.36. The summed E-state index contributed by atoms with van der Waals surface area (Å²) in [5.74, 6) is -0.688. The number of hydroxylamine groups is 1. The molecule has 2 amide bonds. The van der Waals surface area contributed by atoms with E-state index >= 15 is 0 Å². The van der Waals surface area contributed by atoms with Crippen LogP contribution in [0.15, 0.2) is 54.7 Å². The molecule has 160 valence electrons. The second-order valence-corrected chi connectivity index (χ2v) is 7.39. The van der Waals surface area contributed by atoms with E-state index in [4.69, 9.17) is 9.94 Å². The molecule has 8 heteroatoms. The summed E-state index contributed by atoms with van der Waals surface area (Å²) in [6.45, 7) is -0.320. The van der Waals surface area contributed by atoms with Gasteiger partial charge in [-0.25, -0.2) is 9.87 Å². The number of fused-ring (bicyclic) bond motifs is 1. The standard InChI is InChI=1S/C23H22FN3O4/c24-19-2-1-3-20-22(19)18(12-25-20)14-4-8-16(9-5-14)26-23(29)15-6-10-17(11-7-15)31-13-21(28)27-30/h1-4,6-7,10-12,16,25,30H,5,8-9,13H2,(H,26,29)(H,27,28). The highest BCUT2D eigenvalue weighted by Crippen LogP contribution is 2.33. The molecule has 0 bridgehead atoms. The summed E-state index contributed by atoms with van der Waals surface area (Å²) in [4.78, 5) is 26.6. The Kier molecular flexibility index (Phi) is 5.99. The Morgan fingerprint density at radius 2 is 2.00 bits per heavy atom. The van der Waals surface area contributed by atoms with Crippen molar-refractivity contribution in [3.05, 3.63) is 71.7 Å². The van der Waals surface area contributed by atoms with Gasteiger partial charge in [0.2, 0.25) is 0 Å². The molecular weight excluding hydrogens is 401 g/mol. The van der Waals surface area contributed by atoms with E-state index < -0.39 is 5.91 Å². The summed E-state index contributed by atoms with van der Waals surface area (Å²) >= 11 is 0. The van der Waals surface area contributed by atoms with E-state index in [0.29, 0.717) is 23.1 Å². The number of aromatic amines is 1. The zero-order chi connectivity index (χ0) is 21.8. The minimum atomic E-state index is -0.665. The Labute approximate surface area is 177 Å². The fourth-order valence-corrected chi connectivity index (χ4v) is 3.76. The number of rotatable bonds is 6. The highest BCUT2D eigenvalue weighted by molar-refractivity contribution is 5.95. The highest BCUT2D eigenvalue weighted by Gasteiger charge is 2.20. The maximum absolute atomic E-state index is 14.3. The van der Waals surface area contributed by atoms with Crippen LogP contribution >= 0.6 is 0 Å². The second-order valence-electron chi connectivity index (χ2n) is 7.39. The zero-order valence-corrected chi connectivity index (χ0v) is 16.7. The van der Waals surface area contributed by atoms with Gasteiger partial charge < -0.3 is 15.0 Å². The smallest absolute Gasteiger partial charge is 0.281 e. The van der Waals surface area contributed by atoms with Crippen LogP contribution < -0.4 is 15.5 Å². The molecule has 7 nitrogen and oxygen atoms in total. The molecule has 0 fully saturated rings. The van der Waals surface area contributed by atoms with Crippen LogP contribution in [0, 0.1) is 5.82 Å². The second kappa shape index (κ2) is 9.01. The molecule has 1 aromatic heterocycles. The lowest BCUT2D eigenvalue weighted by Gasteiger charge is -2.23. The Morgan fingerprint density at radius 1 is 1.19 bits per heavy atom. The molecule has 0 aliphatic heterocycles. The average molecular weight is 423 g/mol. The van der Waals surface area contributed by atoms with E-state index in [2.05, 4.69) is 16.4 Å². The molecule has 0 radical (unpaired) electrons. The molecule has 4 rings (SSSR count). The average Bonchev–Trinajstić information content (AvgIpc) is 3.24. The summed E-state index contributed by atoms with van der Waals surface area (Å²) in [5, 5.41) is 12.1. The van der Waals surface area contributed by atoms with Crippen molar-refractivity contribution in [3.8, 4) is 5.75 Å². The molecule has 31 heavy (non-hydrogen) atoms. The molecular formula is C23H22FN3O4. The Bertz CT molecular complexity index is 1140. The lowest BCUT2D eigenvalue weighted by molar-refractivity contribution is -0.131. The number of aromatic nitrogens is 1. The fraction of sp³-hybridized carbons (Fsp3) is 0.217. The molecule has 1 unspecified atom stereocenters. The Morgan fingerprint density at radius 3 is 2.71 bits per heavy atom. The van der Waals surface area contributed by atoms with Gasteiger partial charge in [0, 0.05) is 34.3 Å². The number of carbonyl (C=O) groups is 2. The zero-order valence-electron chi connectivity index (χ0n) is 16.7. The van der Waals surface area contributed by atoms with Crippen LogP contribution in [0.1, 0.15) is 35.2 Å². The number of H-pyrrole nitrogens is 1. The van der Waals surface area contributed by atoms with Crippen molar-refractivity contribution >= 4 is 28.3 Å². The van der Waals surface area contributed by atoms with Crippen molar-refractivity contribution in [2.24, 2.45) is 0 Å². The third-order valence-corrected chi connectivity index (χ3v) is 5.36. The van der Waals surface area contributed by atoms with Gasteiger partial charge in [0.05, 0.1) is 0 Å². The molecule has 0 spiro atoms. The number of ether oxygens (including phenoxy) is 1. The number of carbonyl (C=O) groups excluding carboxylic acids is 2. The number of halogens is 1. The van der Waals surface area contributed by atoms with Gasteiger partial charge in [-0.3, -0.25) is 14.8 Å². The summed E-state index contributed by atoms with van der Waals surface area (Å²) in [6.07, 6.45) is 6.07. The summed E-state index contributed by atoms with van der Waals surface area (Å²) in [5.41, 5.74) is 4.69. The number of amides is 2. The van der Waals surface area contributed by atoms with E-state index in [1.54, 1.807) is 30.3 Å². The topological polar surface area (TPSA) is 103 Å². The monoisotopic (exact) mass is 423 g/mol. The predicted molar refractivity (Wildman–Crippen MR) is 113 cm³/mol. The minimum absolute atomic E-state index is 0.00419. The first-order valence-corrected chi connectivity index (χ1v) is 9.97. The highest BCUT2D eigenvalue weighted by atomic mass is 19.1. The number of benzene rings is 2. The van der Waals surface area contributed by atoms with Crippen LogP contribution in [-0.4, -0.2) is 34.7 Å². The molecule has 4 N–H and O–H groups in total.